The molecule has 106 valence electrons. The molecular formula is C15H15N5S. The van der Waals surface area contributed by atoms with E-state index in [1.165, 1.54) is 10.5 Å². The molecule has 0 fully saturated rings. The van der Waals surface area contributed by atoms with Gasteiger partial charge in [0.15, 0.2) is 0 Å². The van der Waals surface area contributed by atoms with Crippen molar-refractivity contribution in [2.75, 3.05) is 11.6 Å². The molecule has 0 atom stereocenters. The van der Waals surface area contributed by atoms with Gasteiger partial charge in [0.1, 0.15) is 6.33 Å². The maximum absolute atomic E-state index is 3.86. The third-order valence-corrected chi connectivity index (χ3v) is 3.88. The minimum atomic E-state index is 0.804. The molecule has 1 aromatic heterocycles. The first kappa shape index (κ1) is 13.6. The van der Waals surface area contributed by atoms with Crippen molar-refractivity contribution in [3.8, 4) is 5.69 Å². The molecule has 0 saturated carbocycles. The minimum absolute atomic E-state index is 0.804. The molecule has 1 N–H and O–H groups in total. The molecule has 0 unspecified atom stereocenters. The lowest BCUT2D eigenvalue weighted by atomic mass is 10.2. The van der Waals surface area contributed by atoms with Crippen molar-refractivity contribution in [2.45, 2.75) is 11.4 Å². The Kier molecular flexibility index (Phi) is 4.16. The maximum Gasteiger partial charge on any atom is 0.143 e. The molecular weight excluding hydrogens is 282 g/mol. The first-order chi connectivity index (χ1) is 10.3. The third-order valence-electron chi connectivity index (χ3n) is 3.14. The van der Waals surface area contributed by atoms with E-state index in [0.717, 1.165) is 17.9 Å². The zero-order valence-electron chi connectivity index (χ0n) is 11.6. The Morgan fingerprint density at radius 2 is 1.81 bits per heavy atom. The zero-order valence-corrected chi connectivity index (χ0v) is 12.4. The second-order valence-corrected chi connectivity index (χ2v) is 5.38. The van der Waals surface area contributed by atoms with Gasteiger partial charge in [-0.2, -0.15) is 0 Å². The van der Waals surface area contributed by atoms with Gasteiger partial charge in [0.2, 0.25) is 0 Å². The average molecular weight is 297 g/mol. The standard InChI is InChI=1S/C15H15N5S/c1-21-15-8-2-12(3-9-15)10-16-13-4-6-14(7-5-13)20-11-17-18-19-20/h2-9,11,16H,10H2,1H3. The lowest BCUT2D eigenvalue weighted by Gasteiger charge is -2.08. The number of hydrogen-bond donors (Lipinski definition) is 1. The van der Waals surface area contributed by atoms with Gasteiger partial charge in [0.05, 0.1) is 5.69 Å². The van der Waals surface area contributed by atoms with Gasteiger partial charge in [0.25, 0.3) is 0 Å². The summed E-state index contributed by atoms with van der Waals surface area (Å²) in [5, 5.41) is 14.5. The Balaban J connectivity index is 1.62. The highest BCUT2D eigenvalue weighted by atomic mass is 32.2. The Morgan fingerprint density at radius 3 is 2.43 bits per heavy atom. The van der Waals surface area contributed by atoms with Crippen LogP contribution in [0.2, 0.25) is 0 Å². The lowest BCUT2D eigenvalue weighted by Crippen LogP contribution is -2.00. The van der Waals surface area contributed by atoms with E-state index in [9.17, 15) is 0 Å². The molecule has 5 nitrogen and oxygen atoms in total. The smallest absolute Gasteiger partial charge is 0.143 e. The van der Waals surface area contributed by atoms with Gasteiger partial charge in [-0.1, -0.05) is 12.1 Å². The molecule has 21 heavy (non-hydrogen) atoms. The van der Waals surface area contributed by atoms with Crippen molar-refractivity contribution in [1.29, 1.82) is 0 Å². The van der Waals surface area contributed by atoms with Crippen LogP contribution in [-0.2, 0) is 6.54 Å². The SMILES string of the molecule is CSc1ccc(CNc2ccc(-n3cnnn3)cc2)cc1. The fourth-order valence-electron chi connectivity index (χ4n) is 1.96. The molecule has 0 radical (unpaired) electrons. The molecule has 2 aromatic carbocycles. The fraction of sp³-hybridized carbons (Fsp3) is 0.133. The number of nitrogens with one attached hydrogen (secondary N) is 1. The third kappa shape index (κ3) is 3.41. The van der Waals surface area contributed by atoms with E-state index in [4.69, 9.17) is 0 Å². The predicted molar refractivity (Wildman–Crippen MR) is 84.7 cm³/mol. The molecule has 1 heterocycles. The number of hydrogen-bond acceptors (Lipinski definition) is 5. The molecule has 0 bridgehead atoms. The summed E-state index contributed by atoms with van der Waals surface area (Å²) >= 11 is 1.75. The summed E-state index contributed by atoms with van der Waals surface area (Å²) in [6.07, 6.45) is 3.66. The first-order valence-electron chi connectivity index (χ1n) is 6.55. The van der Waals surface area contributed by atoms with Crippen molar-refractivity contribution < 1.29 is 0 Å². The summed E-state index contributed by atoms with van der Waals surface area (Å²) < 4.78 is 1.63. The molecule has 6 heteroatoms. The average Bonchev–Trinajstić information content (AvgIpc) is 3.08. The maximum atomic E-state index is 3.86. The van der Waals surface area contributed by atoms with E-state index in [1.807, 2.05) is 24.3 Å². The molecule has 0 aliphatic heterocycles. The molecule has 3 aromatic rings. The van der Waals surface area contributed by atoms with Crippen LogP contribution in [-0.4, -0.2) is 26.5 Å². The van der Waals surface area contributed by atoms with Crippen LogP contribution in [0.1, 0.15) is 5.56 Å². The summed E-state index contributed by atoms with van der Waals surface area (Å²) in [4.78, 5) is 1.28. The summed E-state index contributed by atoms with van der Waals surface area (Å²) in [7, 11) is 0. The van der Waals surface area contributed by atoms with Gasteiger partial charge >= 0.3 is 0 Å². The Hall–Kier alpha value is -2.34. The molecule has 0 aliphatic carbocycles. The van der Waals surface area contributed by atoms with Crippen LogP contribution in [0.4, 0.5) is 5.69 Å². The first-order valence-corrected chi connectivity index (χ1v) is 7.78. The molecule has 0 aliphatic rings. The highest BCUT2D eigenvalue weighted by Crippen LogP contribution is 2.16. The van der Waals surface area contributed by atoms with Crippen molar-refractivity contribution in [3.05, 3.63) is 60.4 Å². The van der Waals surface area contributed by atoms with Crippen LogP contribution < -0.4 is 5.32 Å². The van der Waals surface area contributed by atoms with Crippen LogP contribution in [0, 0.1) is 0 Å². The van der Waals surface area contributed by atoms with E-state index in [-0.39, 0.29) is 0 Å². The van der Waals surface area contributed by atoms with Gasteiger partial charge in [-0.3, -0.25) is 0 Å². The van der Waals surface area contributed by atoms with E-state index in [0.29, 0.717) is 0 Å². The van der Waals surface area contributed by atoms with Crippen molar-refractivity contribution in [3.63, 3.8) is 0 Å². The fourth-order valence-corrected chi connectivity index (χ4v) is 2.37. The number of tetrazole rings is 1. The Bertz CT molecular complexity index is 677. The van der Waals surface area contributed by atoms with Gasteiger partial charge < -0.3 is 5.32 Å². The summed E-state index contributed by atoms with van der Waals surface area (Å²) in [5.41, 5.74) is 3.27. The summed E-state index contributed by atoms with van der Waals surface area (Å²) in [5.74, 6) is 0. The number of benzene rings is 2. The topological polar surface area (TPSA) is 55.6 Å². The van der Waals surface area contributed by atoms with E-state index < -0.39 is 0 Å². The zero-order chi connectivity index (χ0) is 14.5. The summed E-state index contributed by atoms with van der Waals surface area (Å²) in [6, 6.07) is 16.6. The number of anilines is 1. The van der Waals surface area contributed by atoms with Crippen LogP contribution >= 0.6 is 11.8 Å². The van der Waals surface area contributed by atoms with Crippen LogP contribution in [0.3, 0.4) is 0 Å². The van der Waals surface area contributed by atoms with Crippen LogP contribution in [0.15, 0.2) is 59.8 Å². The normalized spacial score (nSPS) is 10.5. The van der Waals surface area contributed by atoms with Crippen LogP contribution in [0.25, 0.3) is 5.69 Å². The van der Waals surface area contributed by atoms with Gasteiger partial charge in [-0.25, -0.2) is 4.68 Å². The quantitative estimate of drug-likeness (QED) is 0.734. The van der Waals surface area contributed by atoms with Crippen molar-refractivity contribution in [1.82, 2.24) is 20.2 Å². The highest BCUT2D eigenvalue weighted by molar-refractivity contribution is 7.98. The van der Waals surface area contributed by atoms with E-state index in [1.54, 1.807) is 22.8 Å². The van der Waals surface area contributed by atoms with Crippen LogP contribution in [0.5, 0.6) is 0 Å². The van der Waals surface area contributed by atoms with E-state index >= 15 is 0 Å². The lowest BCUT2D eigenvalue weighted by molar-refractivity contribution is 0.789. The van der Waals surface area contributed by atoms with E-state index in [2.05, 4.69) is 51.4 Å². The number of aromatic nitrogens is 4. The molecule has 0 amide bonds. The molecule has 0 saturated heterocycles. The van der Waals surface area contributed by atoms with Crippen molar-refractivity contribution >= 4 is 17.4 Å². The Labute approximate surface area is 127 Å². The second-order valence-electron chi connectivity index (χ2n) is 4.50. The predicted octanol–water partition coefficient (Wildman–Crippen LogP) is 3.00. The Morgan fingerprint density at radius 1 is 1.05 bits per heavy atom. The monoisotopic (exact) mass is 297 g/mol. The van der Waals surface area contributed by atoms with Gasteiger partial charge in [0, 0.05) is 17.1 Å². The number of thioether (sulfide) groups is 1. The molecule has 0 spiro atoms. The number of rotatable bonds is 5. The van der Waals surface area contributed by atoms with Crippen molar-refractivity contribution in [2.24, 2.45) is 0 Å². The highest BCUT2D eigenvalue weighted by Gasteiger charge is 1.99. The van der Waals surface area contributed by atoms with Gasteiger partial charge in [-0.15, -0.1) is 16.9 Å². The van der Waals surface area contributed by atoms with Gasteiger partial charge in [-0.05, 0) is 58.6 Å². The molecule has 3 rings (SSSR count). The second kappa shape index (κ2) is 6.41. The summed E-state index contributed by atoms with van der Waals surface area (Å²) in [6.45, 7) is 0.804. The minimum Gasteiger partial charge on any atom is -0.381 e. The number of nitrogens with zero attached hydrogens (tertiary/aromatic N) is 4. The largest absolute Gasteiger partial charge is 0.381 e.